The average molecular weight is 239 g/mol. The monoisotopic (exact) mass is 239 g/mol. The van der Waals surface area contributed by atoms with Crippen molar-refractivity contribution in [2.45, 2.75) is 32.2 Å². The summed E-state index contributed by atoms with van der Waals surface area (Å²) < 4.78 is 0. The first kappa shape index (κ1) is 12.0. The average Bonchev–Trinajstić information content (AvgIpc) is 2.79. The molecule has 2 unspecified atom stereocenters. The summed E-state index contributed by atoms with van der Waals surface area (Å²) in [5, 5.41) is 9.24. The van der Waals surface area contributed by atoms with Crippen LogP contribution in [0.5, 0.6) is 0 Å². The highest BCUT2D eigenvalue weighted by molar-refractivity contribution is 7.07. The van der Waals surface area contributed by atoms with Crippen LogP contribution in [0.3, 0.4) is 0 Å². The van der Waals surface area contributed by atoms with Gasteiger partial charge in [0.15, 0.2) is 0 Å². The minimum atomic E-state index is 0.657. The first-order chi connectivity index (χ1) is 7.86. The first-order valence-electron chi connectivity index (χ1n) is 6.17. The standard InChI is InChI=1S/C12H21N3S/c1-10-3-2-5-14-12(10)7-13-6-4-11-8-16-9-15-11/h8-10,12-14H,2-7H2,1H3. The van der Waals surface area contributed by atoms with Gasteiger partial charge in [-0.1, -0.05) is 6.92 Å². The molecule has 1 aromatic rings. The van der Waals surface area contributed by atoms with Crippen molar-refractivity contribution in [3.8, 4) is 0 Å². The molecule has 1 aromatic heterocycles. The van der Waals surface area contributed by atoms with Gasteiger partial charge in [0, 0.05) is 30.9 Å². The molecule has 1 fully saturated rings. The molecule has 1 saturated heterocycles. The van der Waals surface area contributed by atoms with Crippen LogP contribution in [0.25, 0.3) is 0 Å². The number of aromatic nitrogens is 1. The number of thiazole rings is 1. The van der Waals surface area contributed by atoms with Crippen LogP contribution in [0, 0.1) is 5.92 Å². The van der Waals surface area contributed by atoms with E-state index in [1.54, 1.807) is 11.3 Å². The van der Waals surface area contributed by atoms with Crippen molar-refractivity contribution in [2.24, 2.45) is 5.92 Å². The number of hydrogen-bond acceptors (Lipinski definition) is 4. The van der Waals surface area contributed by atoms with E-state index in [9.17, 15) is 0 Å². The molecule has 2 heterocycles. The van der Waals surface area contributed by atoms with Crippen LogP contribution in [0.1, 0.15) is 25.5 Å². The molecule has 1 aliphatic rings. The molecule has 16 heavy (non-hydrogen) atoms. The van der Waals surface area contributed by atoms with E-state index in [1.807, 2.05) is 5.51 Å². The van der Waals surface area contributed by atoms with Gasteiger partial charge in [0.2, 0.25) is 0 Å². The van der Waals surface area contributed by atoms with Crippen molar-refractivity contribution in [3.05, 3.63) is 16.6 Å². The highest BCUT2D eigenvalue weighted by Crippen LogP contribution is 2.14. The lowest BCUT2D eigenvalue weighted by atomic mass is 9.93. The molecule has 0 aromatic carbocycles. The fraction of sp³-hybridized carbons (Fsp3) is 0.750. The molecule has 2 rings (SSSR count). The Morgan fingerprint density at radius 1 is 1.62 bits per heavy atom. The molecule has 90 valence electrons. The van der Waals surface area contributed by atoms with E-state index >= 15 is 0 Å². The zero-order valence-corrected chi connectivity index (χ0v) is 10.7. The van der Waals surface area contributed by atoms with E-state index in [4.69, 9.17) is 0 Å². The Morgan fingerprint density at radius 3 is 3.31 bits per heavy atom. The largest absolute Gasteiger partial charge is 0.315 e. The van der Waals surface area contributed by atoms with Gasteiger partial charge < -0.3 is 10.6 Å². The lowest BCUT2D eigenvalue weighted by Crippen LogP contribution is -2.46. The fourth-order valence-corrected chi connectivity index (χ4v) is 2.82. The van der Waals surface area contributed by atoms with Crippen molar-refractivity contribution in [3.63, 3.8) is 0 Å². The zero-order valence-electron chi connectivity index (χ0n) is 9.91. The number of piperidine rings is 1. The van der Waals surface area contributed by atoms with Crippen LogP contribution < -0.4 is 10.6 Å². The van der Waals surface area contributed by atoms with Crippen molar-refractivity contribution in [2.75, 3.05) is 19.6 Å². The smallest absolute Gasteiger partial charge is 0.0794 e. The molecule has 0 bridgehead atoms. The van der Waals surface area contributed by atoms with Gasteiger partial charge in [-0.25, -0.2) is 4.98 Å². The maximum atomic E-state index is 4.28. The van der Waals surface area contributed by atoms with Gasteiger partial charge in [-0.05, 0) is 25.3 Å². The molecule has 4 heteroatoms. The number of nitrogens with one attached hydrogen (secondary N) is 2. The summed E-state index contributed by atoms with van der Waals surface area (Å²) in [5.74, 6) is 0.806. The second-order valence-electron chi connectivity index (χ2n) is 4.61. The highest BCUT2D eigenvalue weighted by atomic mass is 32.1. The second kappa shape index (κ2) is 6.33. The molecule has 2 atom stereocenters. The number of rotatable bonds is 5. The van der Waals surface area contributed by atoms with Gasteiger partial charge in [0.25, 0.3) is 0 Å². The van der Waals surface area contributed by atoms with Crippen LogP contribution in [0.15, 0.2) is 10.9 Å². The van der Waals surface area contributed by atoms with Gasteiger partial charge in [-0.2, -0.15) is 0 Å². The van der Waals surface area contributed by atoms with Crippen LogP contribution in [-0.4, -0.2) is 30.7 Å². The number of nitrogens with zero attached hydrogens (tertiary/aromatic N) is 1. The Labute approximate surface area is 102 Å². The predicted octanol–water partition coefficient (Wildman–Crippen LogP) is 1.66. The summed E-state index contributed by atoms with van der Waals surface area (Å²) in [7, 11) is 0. The molecule has 2 N–H and O–H groups in total. The van der Waals surface area contributed by atoms with Gasteiger partial charge in [-0.15, -0.1) is 11.3 Å². The van der Waals surface area contributed by atoms with Gasteiger partial charge in [0.1, 0.15) is 0 Å². The summed E-state index contributed by atoms with van der Waals surface area (Å²) in [6.07, 6.45) is 3.74. The van der Waals surface area contributed by atoms with Crippen molar-refractivity contribution in [1.82, 2.24) is 15.6 Å². The summed E-state index contributed by atoms with van der Waals surface area (Å²) >= 11 is 1.67. The SMILES string of the molecule is CC1CCCNC1CNCCc1cscn1. The van der Waals surface area contributed by atoms with E-state index < -0.39 is 0 Å². The van der Waals surface area contributed by atoms with Crippen LogP contribution in [0.2, 0.25) is 0 Å². The summed E-state index contributed by atoms with van der Waals surface area (Å²) in [5.41, 5.74) is 3.11. The molecule has 0 amide bonds. The van der Waals surface area contributed by atoms with Crippen LogP contribution >= 0.6 is 11.3 Å². The van der Waals surface area contributed by atoms with Crippen LogP contribution in [-0.2, 0) is 6.42 Å². The molecule has 1 aliphatic heterocycles. The summed E-state index contributed by atoms with van der Waals surface area (Å²) in [6, 6.07) is 0.657. The highest BCUT2D eigenvalue weighted by Gasteiger charge is 2.19. The van der Waals surface area contributed by atoms with E-state index in [2.05, 4.69) is 27.9 Å². The van der Waals surface area contributed by atoms with E-state index in [1.165, 1.54) is 25.1 Å². The maximum Gasteiger partial charge on any atom is 0.0794 e. The molecule has 0 spiro atoms. The zero-order chi connectivity index (χ0) is 11.2. The van der Waals surface area contributed by atoms with Crippen LogP contribution in [0.4, 0.5) is 0 Å². The lowest BCUT2D eigenvalue weighted by molar-refractivity contribution is 0.291. The molecule has 0 saturated carbocycles. The van der Waals surface area contributed by atoms with Crippen molar-refractivity contribution in [1.29, 1.82) is 0 Å². The quantitative estimate of drug-likeness (QED) is 0.767. The topological polar surface area (TPSA) is 37.0 Å². The number of hydrogen-bond donors (Lipinski definition) is 2. The minimum absolute atomic E-state index is 0.657. The third-order valence-electron chi connectivity index (χ3n) is 3.34. The molecular formula is C12H21N3S. The molecule has 0 radical (unpaired) electrons. The Morgan fingerprint density at radius 2 is 2.56 bits per heavy atom. The Hall–Kier alpha value is -0.450. The third-order valence-corrected chi connectivity index (χ3v) is 3.97. The Balaban J connectivity index is 1.60. The minimum Gasteiger partial charge on any atom is -0.315 e. The molecule has 3 nitrogen and oxygen atoms in total. The van der Waals surface area contributed by atoms with Crippen molar-refractivity contribution < 1.29 is 0 Å². The fourth-order valence-electron chi connectivity index (χ4n) is 2.22. The Bertz CT molecular complexity index is 286. The first-order valence-corrected chi connectivity index (χ1v) is 7.11. The predicted molar refractivity (Wildman–Crippen MR) is 68.9 cm³/mol. The van der Waals surface area contributed by atoms with Gasteiger partial charge in [-0.3, -0.25) is 0 Å². The van der Waals surface area contributed by atoms with E-state index in [0.717, 1.165) is 25.4 Å². The summed E-state index contributed by atoms with van der Waals surface area (Å²) in [6.45, 7) is 5.65. The third kappa shape index (κ3) is 3.54. The molecular weight excluding hydrogens is 218 g/mol. The van der Waals surface area contributed by atoms with Gasteiger partial charge in [0.05, 0.1) is 11.2 Å². The van der Waals surface area contributed by atoms with E-state index in [-0.39, 0.29) is 0 Å². The second-order valence-corrected chi connectivity index (χ2v) is 5.33. The summed E-state index contributed by atoms with van der Waals surface area (Å²) in [4.78, 5) is 4.28. The maximum absolute atomic E-state index is 4.28. The van der Waals surface area contributed by atoms with Gasteiger partial charge >= 0.3 is 0 Å². The van der Waals surface area contributed by atoms with Crippen molar-refractivity contribution >= 4 is 11.3 Å². The van der Waals surface area contributed by atoms with E-state index in [0.29, 0.717) is 6.04 Å². The normalized spacial score (nSPS) is 25.8. The Kier molecular flexibility index (Phi) is 4.75. The lowest BCUT2D eigenvalue weighted by Gasteiger charge is -2.30. The molecule has 0 aliphatic carbocycles.